The predicted octanol–water partition coefficient (Wildman–Crippen LogP) is 4.47. The number of rotatable bonds is 6. The molecule has 0 N–H and O–H groups in total. The molecule has 1 atom stereocenters. The molecule has 0 unspecified atom stereocenters. The zero-order chi connectivity index (χ0) is 16.9. The van der Waals surface area contributed by atoms with Gasteiger partial charge in [0.25, 0.3) is 0 Å². The molecule has 120 valence electrons. The molecule has 0 amide bonds. The van der Waals surface area contributed by atoms with Crippen LogP contribution in [0.25, 0.3) is 10.8 Å². The highest BCUT2D eigenvalue weighted by atomic mass is 16.6. The molecular formula is C20H17NO3. The van der Waals surface area contributed by atoms with Crippen LogP contribution in [-0.4, -0.2) is 17.3 Å². The van der Waals surface area contributed by atoms with Gasteiger partial charge in [-0.15, -0.1) is 0 Å². The van der Waals surface area contributed by atoms with Crippen molar-refractivity contribution >= 4 is 16.6 Å². The topological polar surface area (TPSA) is 60.2 Å². The van der Waals surface area contributed by atoms with Gasteiger partial charge in [-0.3, -0.25) is 14.9 Å². The highest BCUT2D eigenvalue weighted by Crippen LogP contribution is 2.26. The second-order valence-electron chi connectivity index (χ2n) is 5.81. The van der Waals surface area contributed by atoms with Crippen molar-refractivity contribution < 1.29 is 9.72 Å². The maximum Gasteiger partial charge on any atom is 0.211 e. The summed E-state index contributed by atoms with van der Waals surface area (Å²) < 4.78 is 0. The Labute approximate surface area is 139 Å². The van der Waals surface area contributed by atoms with Crippen LogP contribution in [0.5, 0.6) is 0 Å². The van der Waals surface area contributed by atoms with Gasteiger partial charge in [-0.1, -0.05) is 72.8 Å². The lowest BCUT2D eigenvalue weighted by Crippen LogP contribution is -2.16. The molecular weight excluding hydrogens is 302 g/mol. The highest BCUT2D eigenvalue weighted by molar-refractivity contribution is 5.96. The summed E-state index contributed by atoms with van der Waals surface area (Å²) in [5, 5.41) is 13.2. The van der Waals surface area contributed by atoms with E-state index in [1.807, 2.05) is 48.5 Å². The Hall–Kier alpha value is -3.01. The van der Waals surface area contributed by atoms with Gasteiger partial charge in [-0.2, -0.15) is 0 Å². The molecule has 0 saturated heterocycles. The fraction of sp³-hybridized carbons (Fsp3) is 0.150. The number of ketones is 1. The lowest BCUT2D eigenvalue weighted by Gasteiger charge is -2.13. The van der Waals surface area contributed by atoms with Crippen molar-refractivity contribution in [2.45, 2.75) is 12.3 Å². The first kappa shape index (κ1) is 15.9. The van der Waals surface area contributed by atoms with Crippen molar-refractivity contribution in [3.8, 4) is 0 Å². The van der Waals surface area contributed by atoms with Crippen LogP contribution >= 0.6 is 0 Å². The Bertz CT molecular complexity index is 874. The SMILES string of the molecule is O=C(C[C@@H](C[N+](=O)[O-])c1ccc2ccccc2c1)c1ccccc1. The molecule has 3 rings (SSSR count). The first-order valence-electron chi connectivity index (χ1n) is 7.82. The summed E-state index contributed by atoms with van der Waals surface area (Å²) in [4.78, 5) is 23.2. The molecule has 0 fully saturated rings. The van der Waals surface area contributed by atoms with E-state index in [0.717, 1.165) is 16.3 Å². The monoisotopic (exact) mass is 319 g/mol. The Morgan fingerprint density at radius 2 is 1.58 bits per heavy atom. The fourth-order valence-corrected chi connectivity index (χ4v) is 2.90. The average Bonchev–Trinajstić information content (AvgIpc) is 2.61. The van der Waals surface area contributed by atoms with Crippen LogP contribution < -0.4 is 0 Å². The number of nitro groups is 1. The number of hydrogen-bond acceptors (Lipinski definition) is 3. The van der Waals surface area contributed by atoms with E-state index in [4.69, 9.17) is 0 Å². The third-order valence-electron chi connectivity index (χ3n) is 4.14. The number of benzene rings is 3. The van der Waals surface area contributed by atoms with Crippen LogP contribution in [0.2, 0.25) is 0 Å². The summed E-state index contributed by atoms with van der Waals surface area (Å²) >= 11 is 0. The minimum absolute atomic E-state index is 0.0735. The molecule has 3 aromatic carbocycles. The minimum Gasteiger partial charge on any atom is -0.294 e. The van der Waals surface area contributed by atoms with Gasteiger partial charge < -0.3 is 0 Å². The van der Waals surface area contributed by atoms with Gasteiger partial charge >= 0.3 is 0 Å². The number of carbonyl (C=O) groups is 1. The lowest BCUT2D eigenvalue weighted by atomic mass is 9.90. The maximum atomic E-state index is 12.5. The van der Waals surface area contributed by atoms with Crippen LogP contribution in [0.15, 0.2) is 72.8 Å². The van der Waals surface area contributed by atoms with Crippen molar-refractivity contribution in [3.63, 3.8) is 0 Å². The van der Waals surface area contributed by atoms with Crippen LogP contribution in [0.4, 0.5) is 0 Å². The standard InChI is InChI=1S/C20H17NO3/c22-20(16-7-2-1-3-8-16)13-19(14-21(23)24)18-11-10-15-6-4-5-9-17(15)12-18/h1-12,19H,13-14H2/t19-/m0/s1. The molecule has 3 aromatic rings. The number of nitrogens with zero attached hydrogens (tertiary/aromatic N) is 1. The van der Waals surface area contributed by atoms with Crippen LogP contribution in [0.3, 0.4) is 0 Å². The highest BCUT2D eigenvalue weighted by Gasteiger charge is 2.22. The van der Waals surface area contributed by atoms with Gasteiger partial charge in [0.15, 0.2) is 5.78 Å². The molecule has 0 spiro atoms. The summed E-state index contributed by atoms with van der Waals surface area (Å²) in [5.74, 6) is -0.507. The summed E-state index contributed by atoms with van der Waals surface area (Å²) in [6.07, 6.45) is 0.128. The molecule has 24 heavy (non-hydrogen) atoms. The van der Waals surface area contributed by atoms with Gasteiger partial charge in [0.1, 0.15) is 0 Å². The number of fused-ring (bicyclic) bond motifs is 1. The second kappa shape index (κ2) is 7.04. The molecule has 0 aromatic heterocycles. The summed E-state index contributed by atoms with van der Waals surface area (Å²) in [6, 6.07) is 22.6. The number of carbonyl (C=O) groups excluding carboxylic acids is 1. The zero-order valence-corrected chi connectivity index (χ0v) is 13.1. The lowest BCUT2D eigenvalue weighted by molar-refractivity contribution is -0.483. The van der Waals surface area contributed by atoms with E-state index >= 15 is 0 Å². The van der Waals surface area contributed by atoms with Crippen molar-refractivity contribution in [1.29, 1.82) is 0 Å². The maximum absolute atomic E-state index is 12.5. The van der Waals surface area contributed by atoms with Crippen LogP contribution in [0.1, 0.15) is 28.3 Å². The summed E-state index contributed by atoms with van der Waals surface area (Å²) in [7, 11) is 0. The third kappa shape index (κ3) is 3.66. The van der Waals surface area contributed by atoms with Crippen LogP contribution in [-0.2, 0) is 0 Å². The first-order valence-corrected chi connectivity index (χ1v) is 7.82. The van der Waals surface area contributed by atoms with Gasteiger partial charge in [0, 0.05) is 16.9 Å². The summed E-state index contributed by atoms with van der Waals surface area (Å²) in [6.45, 7) is -0.253. The van der Waals surface area contributed by atoms with E-state index in [-0.39, 0.29) is 23.7 Å². The van der Waals surface area contributed by atoms with E-state index < -0.39 is 5.92 Å². The zero-order valence-electron chi connectivity index (χ0n) is 13.1. The predicted molar refractivity (Wildman–Crippen MR) is 93.9 cm³/mol. The molecule has 0 aliphatic heterocycles. The normalized spacial score (nSPS) is 12.0. The quantitative estimate of drug-likeness (QED) is 0.382. The number of hydrogen-bond donors (Lipinski definition) is 0. The van der Waals surface area contributed by atoms with E-state index in [1.54, 1.807) is 24.3 Å². The Balaban J connectivity index is 1.90. The summed E-state index contributed by atoms with van der Waals surface area (Å²) in [5.41, 5.74) is 1.42. The number of Topliss-reactive ketones (excluding diaryl/α,β-unsaturated/α-hetero) is 1. The smallest absolute Gasteiger partial charge is 0.211 e. The van der Waals surface area contributed by atoms with E-state index in [0.29, 0.717) is 5.56 Å². The molecule has 0 aliphatic carbocycles. The van der Waals surface area contributed by atoms with Crippen molar-refractivity contribution in [2.24, 2.45) is 0 Å². The Morgan fingerprint density at radius 3 is 2.29 bits per heavy atom. The van der Waals surface area contributed by atoms with Crippen molar-refractivity contribution in [3.05, 3.63) is 94.0 Å². The van der Waals surface area contributed by atoms with Gasteiger partial charge in [-0.05, 0) is 16.3 Å². The molecule has 0 radical (unpaired) electrons. The van der Waals surface area contributed by atoms with E-state index in [1.165, 1.54) is 0 Å². The van der Waals surface area contributed by atoms with E-state index in [9.17, 15) is 14.9 Å². The molecule has 4 nitrogen and oxygen atoms in total. The molecule has 0 heterocycles. The molecule has 0 aliphatic rings. The van der Waals surface area contributed by atoms with Crippen molar-refractivity contribution in [2.75, 3.05) is 6.54 Å². The average molecular weight is 319 g/mol. The van der Waals surface area contributed by atoms with Crippen molar-refractivity contribution in [1.82, 2.24) is 0 Å². The second-order valence-corrected chi connectivity index (χ2v) is 5.81. The third-order valence-corrected chi connectivity index (χ3v) is 4.14. The molecule has 0 saturated carbocycles. The minimum atomic E-state index is -0.433. The molecule has 0 bridgehead atoms. The largest absolute Gasteiger partial charge is 0.294 e. The van der Waals surface area contributed by atoms with Gasteiger partial charge in [0.05, 0.1) is 5.92 Å². The fourth-order valence-electron chi connectivity index (χ4n) is 2.90. The van der Waals surface area contributed by atoms with Gasteiger partial charge in [0.2, 0.25) is 6.54 Å². The van der Waals surface area contributed by atoms with E-state index in [2.05, 4.69) is 0 Å². The first-order chi connectivity index (χ1) is 11.6. The van der Waals surface area contributed by atoms with Crippen LogP contribution in [0, 0.1) is 10.1 Å². The van der Waals surface area contributed by atoms with Gasteiger partial charge in [-0.25, -0.2) is 0 Å². The Kier molecular flexibility index (Phi) is 4.66. The Morgan fingerprint density at radius 1 is 0.917 bits per heavy atom. The molecule has 4 heteroatoms.